The van der Waals surface area contributed by atoms with Gasteiger partial charge in [0.05, 0.1) is 10.3 Å². The van der Waals surface area contributed by atoms with Crippen LogP contribution in [-0.4, -0.2) is 16.0 Å². The highest BCUT2D eigenvalue weighted by Gasteiger charge is 2.20. The van der Waals surface area contributed by atoms with Crippen LogP contribution in [0.4, 0.5) is 0 Å². The Morgan fingerprint density at radius 3 is 2.79 bits per heavy atom. The summed E-state index contributed by atoms with van der Waals surface area (Å²) in [5, 5.41) is 1.19. The van der Waals surface area contributed by atoms with Crippen molar-refractivity contribution in [1.82, 2.24) is 9.97 Å². The Labute approximate surface area is 118 Å². The van der Waals surface area contributed by atoms with Crippen LogP contribution in [0.3, 0.4) is 0 Å². The molecule has 0 aliphatic heterocycles. The van der Waals surface area contributed by atoms with E-state index < -0.39 is 0 Å². The number of thioether (sulfide) groups is 1. The summed E-state index contributed by atoms with van der Waals surface area (Å²) in [5.74, 6) is 0. The molecule has 0 bridgehead atoms. The van der Waals surface area contributed by atoms with Gasteiger partial charge < -0.3 is 5.73 Å². The van der Waals surface area contributed by atoms with Crippen molar-refractivity contribution in [2.45, 2.75) is 36.6 Å². The first-order chi connectivity index (χ1) is 9.20. The number of nitrogens with zero attached hydrogens (tertiary/aromatic N) is 2. The lowest BCUT2D eigenvalue weighted by atomic mass is 10.0. The van der Waals surface area contributed by atoms with E-state index in [0.29, 0.717) is 0 Å². The molecule has 2 rings (SSSR count). The molecule has 2 aromatic rings. The summed E-state index contributed by atoms with van der Waals surface area (Å²) in [6, 6.07) is 10.6. The van der Waals surface area contributed by atoms with Crippen LogP contribution >= 0.6 is 11.8 Å². The van der Waals surface area contributed by atoms with Gasteiger partial charge in [-0.25, -0.2) is 9.97 Å². The van der Waals surface area contributed by atoms with Crippen molar-refractivity contribution in [3.8, 4) is 0 Å². The Morgan fingerprint density at radius 1 is 1.32 bits per heavy atom. The normalized spacial score (nSPS) is 14.1. The van der Waals surface area contributed by atoms with Gasteiger partial charge >= 0.3 is 0 Å². The van der Waals surface area contributed by atoms with Crippen LogP contribution in [0.25, 0.3) is 0 Å². The summed E-state index contributed by atoms with van der Waals surface area (Å²) in [7, 11) is 0. The molecule has 0 aliphatic carbocycles. The molecular formula is C15H19N3S. The summed E-state index contributed by atoms with van der Waals surface area (Å²) < 4.78 is 0. The van der Waals surface area contributed by atoms with E-state index in [4.69, 9.17) is 5.73 Å². The minimum atomic E-state index is 0.113. The zero-order valence-corrected chi connectivity index (χ0v) is 12.1. The first-order valence-corrected chi connectivity index (χ1v) is 7.33. The Kier molecular flexibility index (Phi) is 4.93. The van der Waals surface area contributed by atoms with Gasteiger partial charge in [0.15, 0.2) is 0 Å². The first-order valence-electron chi connectivity index (χ1n) is 6.45. The Morgan fingerprint density at radius 2 is 2.16 bits per heavy atom. The average molecular weight is 273 g/mol. The van der Waals surface area contributed by atoms with Gasteiger partial charge in [-0.15, -0.1) is 0 Å². The highest BCUT2D eigenvalue weighted by molar-refractivity contribution is 7.99. The van der Waals surface area contributed by atoms with E-state index in [1.807, 2.05) is 6.07 Å². The molecule has 1 aromatic carbocycles. The highest BCUT2D eigenvalue weighted by atomic mass is 32.2. The molecule has 19 heavy (non-hydrogen) atoms. The summed E-state index contributed by atoms with van der Waals surface area (Å²) in [5.41, 5.74) is 8.80. The molecule has 1 heterocycles. The van der Waals surface area contributed by atoms with Crippen LogP contribution in [-0.2, 0) is 0 Å². The fourth-order valence-electron chi connectivity index (χ4n) is 1.94. The molecule has 0 fully saturated rings. The van der Waals surface area contributed by atoms with Crippen LogP contribution in [0, 0.1) is 6.92 Å². The fourth-order valence-corrected chi connectivity index (χ4v) is 3.10. The quantitative estimate of drug-likeness (QED) is 0.670. The van der Waals surface area contributed by atoms with E-state index in [1.165, 1.54) is 11.1 Å². The molecule has 2 N–H and O–H groups in total. The van der Waals surface area contributed by atoms with Gasteiger partial charge in [0.1, 0.15) is 6.33 Å². The Balaban J connectivity index is 2.26. The molecule has 0 aliphatic rings. The van der Waals surface area contributed by atoms with Gasteiger partial charge in [0.25, 0.3) is 0 Å². The smallest absolute Gasteiger partial charge is 0.116 e. The molecule has 3 nitrogen and oxygen atoms in total. The number of aryl methyl sites for hydroxylation is 1. The molecule has 1 aromatic heterocycles. The molecule has 0 saturated carbocycles. The summed E-state index contributed by atoms with van der Waals surface area (Å²) in [6.45, 7) is 4.22. The maximum Gasteiger partial charge on any atom is 0.116 e. The minimum absolute atomic E-state index is 0.113. The summed E-state index contributed by atoms with van der Waals surface area (Å²) >= 11 is 1.71. The van der Waals surface area contributed by atoms with Gasteiger partial charge in [-0.2, -0.15) is 0 Å². The molecule has 0 spiro atoms. The Hall–Kier alpha value is -1.39. The van der Waals surface area contributed by atoms with Crippen molar-refractivity contribution in [3.05, 3.63) is 54.0 Å². The van der Waals surface area contributed by atoms with E-state index in [2.05, 4.69) is 48.1 Å². The molecule has 0 amide bonds. The van der Waals surface area contributed by atoms with Crippen LogP contribution in [0.5, 0.6) is 0 Å². The fraction of sp³-hybridized carbons (Fsp3) is 0.333. The SMILES string of the molecule is CCC(N)C(Sc1ccncn1)c1cccc(C)c1. The molecule has 0 radical (unpaired) electrons. The van der Waals surface area contributed by atoms with Crippen LogP contribution in [0.15, 0.2) is 47.9 Å². The van der Waals surface area contributed by atoms with Gasteiger partial charge in [-0.1, -0.05) is 48.5 Å². The number of nitrogens with two attached hydrogens (primary N) is 1. The number of benzene rings is 1. The third kappa shape index (κ3) is 3.78. The average Bonchev–Trinajstić information content (AvgIpc) is 2.45. The maximum absolute atomic E-state index is 6.28. The van der Waals surface area contributed by atoms with Crippen molar-refractivity contribution in [2.75, 3.05) is 0 Å². The molecule has 0 saturated heterocycles. The number of aromatic nitrogens is 2. The Bertz CT molecular complexity index is 516. The van der Waals surface area contributed by atoms with Crippen molar-refractivity contribution in [1.29, 1.82) is 0 Å². The minimum Gasteiger partial charge on any atom is -0.326 e. The number of hydrogen-bond acceptors (Lipinski definition) is 4. The van der Waals surface area contributed by atoms with E-state index in [-0.39, 0.29) is 11.3 Å². The van der Waals surface area contributed by atoms with E-state index in [0.717, 1.165) is 11.4 Å². The molecule has 100 valence electrons. The van der Waals surface area contributed by atoms with Gasteiger partial charge in [0.2, 0.25) is 0 Å². The highest BCUT2D eigenvalue weighted by Crippen LogP contribution is 2.37. The van der Waals surface area contributed by atoms with Crippen molar-refractivity contribution >= 4 is 11.8 Å². The van der Waals surface area contributed by atoms with Crippen LogP contribution in [0.1, 0.15) is 29.7 Å². The monoisotopic (exact) mass is 273 g/mol. The standard InChI is InChI=1S/C15H19N3S/c1-3-13(16)15(12-6-4-5-11(2)9-12)19-14-7-8-17-10-18-14/h4-10,13,15H,3,16H2,1-2H3. The second-order valence-corrected chi connectivity index (χ2v) is 5.73. The molecule has 2 unspecified atom stereocenters. The lowest BCUT2D eigenvalue weighted by Gasteiger charge is -2.22. The number of hydrogen-bond donors (Lipinski definition) is 1. The second kappa shape index (κ2) is 6.68. The van der Waals surface area contributed by atoms with E-state index in [1.54, 1.807) is 24.3 Å². The predicted octanol–water partition coefficient (Wildman–Crippen LogP) is 3.36. The van der Waals surface area contributed by atoms with Gasteiger partial charge in [-0.3, -0.25) is 0 Å². The number of rotatable bonds is 5. The third-order valence-electron chi connectivity index (χ3n) is 3.03. The van der Waals surface area contributed by atoms with E-state index in [9.17, 15) is 0 Å². The maximum atomic E-state index is 6.28. The summed E-state index contributed by atoms with van der Waals surface area (Å²) in [6.07, 6.45) is 4.28. The zero-order valence-electron chi connectivity index (χ0n) is 11.3. The van der Waals surface area contributed by atoms with Crippen molar-refractivity contribution in [3.63, 3.8) is 0 Å². The third-order valence-corrected chi connectivity index (χ3v) is 4.39. The summed E-state index contributed by atoms with van der Waals surface area (Å²) in [4.78, 5) is 8.23. The van der Waals surface area contributed by atoms with Crippen LogP contribution in [0.2, 0.25) is 0 Å². The zero-order chi connectivity index (χ0) is 13.7. The lowest BCUT2D eigenvalue weighted by Crippen LogP contribution is -2.25. The topological polar surface area (TPSA) is 51.8 Å². The van der Waals surface area contributed by atoms with Crippen LogP contribution < -0.4 is 5.73 Å². The lowest BCUT2D eigenvalue weighted by molar-refractivity contribution is 0.633. The first kappa shape index (κ1) is 14.0. The van der Waals surface area contributed by atoms with Crippen molar-refractivity contribution in [2.24, 2.45) is 5.73 Å². The molecule has 4 heteroatoms. The molecule has 2 atom stereocenters. The van der Waals surface area contributed by atoms with Gasteiger partial charge in [0, 0.05) is 12.2 Å². The molecular weight excluding hydrogens is 254 g/mol. The largest absolute Gasteiger partial charge is 0.326 e. The van der Waals surface area contributed by atoms with E-state index >= 15 is 0 Å². The predicted molar refractivity (Wildman–Crippen MR) is 80.1 cm³/mol. The van der Waals surface area contributed by atoms with Crippen molar-refractivity contribution < 1.29 is 0 Å². The second-order valence-electron chi connectivity index (χ2n) is 4.57. The van der Waals surface area contributed by atoms with Gasteiger partial charge in [-0.05, 0) is 25.0 Å².